The van der Waals surface area contributed by atoms with Gasteiger partial charge in [0, 0.05) is 6.07 Å². The third-order valence-corrected chi connectivity index (χ3v) is 5.05. The van der Waals surface area contributed by atoms with E-state index in [1.807, 2.05) is 0 Å². The largest absolute Gasteiger partial charge is 0.325 e. The first-order valence-electron chi connectivity index (χ1n) is 9.03. The SMILES string of the molecule is CC[C@@]1(c2ccccc2)NC(=O)N(CC(=O)Nc2cccc([N+](=O)[O-])c2C)C1=O. The number of nitrogens with zero attached hydrogens (tertiary/aromatic N) is 2. The summed E-state index contributed by atoms with van der Waals surface area (Å²) in [5, 5.41) is 16.3. The van der Waals surface area contributed by atoms with Gasteiger partial charge in [-0.15, -0.1) is 0 Å². The molecule has 1 atom stereocenters. The molecule has 3 rings (SSSR count). The molecule has 0 bridgehead atoms. The van der Waals surface area contributed by atoms with Gasteiger partial charge in [-0.05, 0) is 25.0 Å². The molecule has 150 valence electrons. The number of carbonyl (C=O) groups excluding carboxylic acids is 3. The van der Waals surface area contributed by atoms with Crippen molar-refractivity contribution in [1.82, 2.24) is 10.2 Å². The molecular weight excluding hydrogens is 376 g/mol. The third-order valence-electron chi connectivity index (χ3n) is 5.05. The highest BCUT2D eigenvalue weighted by Crippen LogP contribution is 2.32. The van der Waals surface area contributed by atoms with Crippen LogP contribution in [0.5, 0.6) is 0 Å². The van der Waals surface area contributed by atoms with Crippen molar-refractivity contribution in [3.8, 4) is 0 Å². The molecule has 2 aromatic carbocycles. The maximum Gasteiger partial charge on any atom is 0.325 e. The number of urea groups is 1. The van der Waals surface area contributed by atoms with Crippen molar-refractivity contribution in [3.63, 3.8) is 0 Å². The molecule has 0 aliphatic carbocycles. The van der Waals surface area contributed by atoms with E-state index in [0.717, 1.165) is 4.90 Å². The molecule has 4 amide bonds. The van der Waals surface area contributed by atoms with Crippen LogP contribution >= 0.6 is 0 Å². The van der Waals surface area contributed by atoms with E-state index in [1.54, 1.807) is 37.3 Å². The number of benzene rings is 2. The maximum absolute atomic E-state index is 13.0. The van der Waals surface area contributed by atoms with E-state index in [9.17, 15) is 24.5 Å². The van der Waals surface area contributed by atoms with Gasteiger partial charge in [0.05, 0.1) is 16.2 Å². The van der Waals surface area contributed by atoms with Crippen LogP contribution in [0, 0.1) is 17.0 Å². The van der Waals surface area contributed by atoms with Crippen LogP contribution in [-0.4, -0.2) is 34.2 Å². The Hall–Kier alpha value is -3.75. The minimum absolute atomic E-state index is 0.133. The molecule has 1 saturated heterocycles. The van der Waals surface area contributed by atoms with Crippen LogP contribution in [0.25, 0.3) is 0 Å². The summed E-state index contributed by atoms with van der Waals surface area (Å²) in [5.41, 5.74) is -0.179. The summed E-state index contributed by atoms with van der Waals surface area (Å²) >= 11 is 0. The summed E-state index contributed by atoms with van der Waals surface area (Å²) in [6, 6.07) is 12.5. The number of nitrogens with one attached hydrogen (secondary N) is 2. The molecule has 0 aromatic heterocycles. The van der Waals surface area contributed by atoms with Gasteiger partial charge in [0.1, 0.15) is 12.1 Å². The molecule has 9 heteroatoms. The lowest BCUT2D eigenvalue weighted by atomic mass is 9.87. The second-order valence-corrected chi connectivity index (χ2v) is 6.70. The van der Waals surface area contributed by atoms with Crippen molar-refractivity contribution in [1.29, 1.82) is 0 Å². The Morgan fingerprint density at radius 1 is 1.17 bits per heavy atom. The zero-order valence-corrected chi connectivity index (χ0v) is 16.0. The summed E-state index contributed by atoms with van der Waals surface area (Å²) in [6.07, 6.45) is 0.323. The fourth-order valence-electron chi connectivity index (χ4n) is 3.42. The zero-order chi connectivity index (χ0) is 21.2. The second-order valence-electron chi connectivity index (χ2n) is 6.70. The molecule has 29 heavy (non-hydrogen) atoms. The summed E-state index contributed by atoms with van der Waals surface area (Å²) in [5.74, 6) is -1.14. The fourth-order valence-corrected chi connectivity index (χ4v) is 3.42. The number of hydrogen-bond acceptors (Lipinski definition) is 5. The smallest absolute Gasteiger partial charge is 0.324 e. The molecule has 0 unspecified atom stereocenters. The molecule has 1 heterocycles. The predicted molar refractivity (Wildman–Crippen MR) is 105 cm³/mol. The molecule has 1 aliphatic heterocycles. The van der Waals surface area contributed by atoms with Crippen molar-refractivity contribution in [2.24, 2.45) is 0 Å². The topological polar surface area (TPSA) is 122 Å². The number of carbonyl (C=O) groups is 3. The number of amides is 4. The Bertz CT molecular complexity index is 992. The van der Waals surface area contributed by atoms with E-state index in [2.05, 4.69) is 10.6 Å². The van der Waals surface area contributed by atoms with E-state index < -0.39 is 34.9 Å². The third kappa shape index (κ3) is 3.54. The standard InChI is InChI=1S/C20H20N4O5/c1-3-20(14-8-5-4-6-9-14)18(26)23(19(27)22-20)12-17(25)21-15-10-7-11-16(13(15)2)24(28)29/h4-11H,3,12H2,1-2H3,(H,21,25)(H,22,27)/t20-/m0/s1. The summed E-state index contributed by atoms with van der Waals surface area (Å²) < 4.78 is 0. The molecular formula is C20H20N4O5. The van der Waals surface area contributed by atoms with Gasteiger partial charge in [0.25, 0.3) is 11.6 Å². The summed E-state index contributed by atoms with van der Waals surface area (Å²) in [7, 11) is 0. The summed E-state index contributed by atoms with van der Waals surface area (Å²) in [6.45, 7) is 2.79. The second kappa shape index (κ2) is 7.70. The van der Waals surface area contributed by atoms with Crippen LogP contribution in [0.3, 0.4) is 0 Å². The van der Waals surface area contributed by atoms with E-state index in [4.69, 9.17) is 0 Å². The minimum atomic E-state index is -1.22. The van der Waals surface area contributed by atoms with E-state index in [1.165, 1.54) is 25.1 Å². The average Bonchev–Trinajstić information content (AvgIpc) is 2.95. The van der Waals surface area contributed by atoms with Crippen molar-refractivity contribution in [3.05, 3.63) is 69.8 Å². The molecule has 2 N–H and O–H groups in total. The Balaban J connectivity index is 1.80. The first-order valence-corrected chi connectivity index (χ1v) is 9.03. The van der Waals surface area contributed by atoms with Gasteiger partial charge in [-0.1, -0.05) is 43.3 Å². The van der Waals surface area contributed by atoms with Crippen LogP contribution in [-0.2, 0) is 15.1 Å². The number of rotatable bonds is 6. The number of imide groups is 1. The van der Waals surface area contributed by atoms with E-state index in [-0.39, 0.29) is 16.9 Å². The molecule has 0 spiro atoms. The van der Waals surface area contributed by atoms with Crippen molar-refractivity contribution >= 4 is 29.2 Å². The number of hydrogen-bond donors (Lipinski definition) is 2. The van der Waals surface area contributed by atoms with Crippen LogP contribution in [0.4, 0.5) is 16.2 Å². The minimum Gasteiger partial charge on any atom is -0.324 e. The van der Waals surface area contributed by atoms with Crippen molar-refractivity contribution in [2.45, 2.75) is 25.8 Å². The first kappa shape index (κ1) is 20.0. The zero-order valence-electron chi connectivity index (χ0n) is 16.0. The lowest BCUT2D eigenvalue weighted by Crippen LogP contribution is -2.44. The van der Waals surface area contributed by atoms with E-state index in [0.29, 0.717) is 12.0 Å². The lowest BCUT2D eigenvalue weighted by Gasteiger charge is -2.25. The van der Waals surface area contributed by atoms with Crippen LogP contribution in [0.1, 0.15) is 24.5 Å². The van der Waals surface area contributed by atoms with E-state index >= 15 is 0 Å². The highest BCUT2D eigenvalue weighted by atomic mass is 16.6. The Morgan fingerprint density at radius 2 is 1.86 bits per heavy atom. The van der Waals surface area contributed by atoms with Crippen LogP contribution < -0.4 is 10.6 Å². The van der Waals surface area contributed by atoms with Gasteiger partial charge in [-0.2, -0.15) is 0 Å². The van der Waals surface area contributed by atoms with Gasteiger partial charge >= 0.3 is 6.03 Å². The van der Waals surface area contributed by atoms with Crippen LogP contribution in [0.15, 0.2) is 48.5 Å². The quantitative estimate of drug-likeness (QED) is 0.442. The summed E-state index contributed by atoms with van der Waals surface area (Å²) in [4.78, 5) is 49.3. The number of anilines is 1. The molecule has 1 aliphatic rings. The highest BCUT2D eigenvalue weighted by Gasteiger charge is 2.51. The van der Waals surface area contributed by atoms with Crippen molar-refractivity contribution < 1.29 is 19.3 Å². The first-order chi connectivity index (χ1) is 13.8. The predicted octanol–water partition coefficient (Wildman–Crippen LogP) is 2.70. The Labute approximate surface area is 166 Å². The van der Waals surface area contributed by atoms with Gasteiger partial charge < -0.3 is 10.6 Å². The van der Waals surface area contributed by atoms with Gasteiger partial charge in [-0.25, -0.2) is 4.79 Å². The molecule has 2 aromatic rings. The molecule has 1 fully saturated rings. The van der Waals surface area contributed by atoms with Crippen LogP contribution in [0.2, 0.25) is 0 Å². The molecule has 0 radical (unpaired) electrons. The van der Waals surface area contributed by atoms with Gasteiger partial charge in [0.15, 0.2) is 0 Å². The maximum atomic E-state index is 13.0. The lowest BCUT2D eigenvalue weighted by molar-refractivity contribution is -0.385. The Morgan fingerprint density at radius 3 is 2.48 bits per heavy atom. The molecule has 0 saturated carbocycles. The fraction of sp³-hybridized carbons (Fsp3) is 0.250. The average molecular weight is 396 g/mol. The normalized spacial score (nSPS) is 18.5. The highest BCUT2D eigenvalue weighted by molar-refractivity contribution is 6.10. The monoisotopic (exact) mass is 396 g/mol. The molecule has 9 nitrogen and oxygen atoms in total. The number of nitro benzene ring substituents is 1. The Kier molecular flexibility index (Phi) is 5.31. The van der Waals surface area contributed by atoms with Gasteiger partial charge in [-0.3, -0.25) is 24.6 Å². The number of nitro groups is 1. The van der Waals surface area contributed by atoms with Gasteiger partial charge in [0.2, 0.25) is 5.91 Å². The van der Waals surface area contributed by atoms with Crippen molar-refractivity contribution in [2.75, 3.05) is 11.9 Å².